The topological polar surface area (TPSA) is 38.7 Å². The zero-order chi connectivity index (χ0) is 9.14. The minimum atomic E-state index is 0.230. The van der Waals surface area contributed by atoms with Crippen molar-refractivity contribution in [2.24, 2.45) is 5.18 Å². The first-order valence-corrected chi connectivity index (χ1v) is 3.74. The Balaban J connectivity index is 3.28. The zero-order valence-corrected chi connectivity index (χ0v) is 7.55. The summed E-state index contributed by atoms with van der Waals surface area (Å²) in [5.41, 5.74) is 1.09. The fourth-order valence-corrected chi connectivity index (χ4v) is 1.04. The van der Waals surface area contributed by atoms with Crippen LogP contribution in [-0.4, -0.2) is 7.11 Å². The molecule has 0 saturated heterocycles. The van der Waals surface area contributed by atoms with E-state index in [0.29, 0.717) is 10.8 Å². The number of methoxy groups -OCH3 is 1. The number of ether oxygens (including phenoxy) is 1. The van der Waals surface area contributed by atoms with Gasteiger partial charge in [-0.15, -0.1) is 4.91 Å². The standard InChI is InChI=1S/C8H8ClNO2/c1-5-3-8(12-2)7(10-11)4-6(5)9/h3-4H,1-2H3. The third-order valence-electron chi connectivity index (χ3n) is 1.56. The summed E-state index contributed by atoms with van der Waals surface area (Å²) in [5.74, 6) is 0.451. The van der Waals surface area contributed by atoms with Crippen molar-refractivity contribution < 1.29 is 4.74 Å². The molecule has 0 amide bonds. The first-order chi connectivity index (χ1) is 5.69. The maximum absolute atomic E-state index is 10.3. The molecule has 0 aliphatic carbocycles. The molecule has 0 aromatic heterocycles. The van der Waals surface area contributed by atoms with E-state index in [2.05, 4.69) is 5.18 Å². The number of nitroso groups, excluding NO2 is 1. The predicted octanol–water partition coefficient (Wildman–Crippen LogP) is 3.05. The summed E-state index contributed by atoms with van der Waals surface area (Å²) in [6.45, 7) is 1.83. The number of rotatable bonds is 2. The van der Waals surface area contributed by atoms with Crippen molar-refractivity contribution in [3.8, 4) is 5.75 Å². The molecule has 12 heavy (non-hydrogen) atoms. The lowest BCUT2D eigenvalue weighted by Gasteiger charge is -2.04. The van der Waals surface area contributed by atoms with Crippen LogP contribution in [0.5, 0.6) is 5.75 Å². The highest BCUT2D eigenvalue weighted by molar-refractivity contribution is 6.31. The van der Waals surface area contributed by atoms with E-state index in [0.717, 1.165) is 5.56 Å². The highest BCUT2D eigenvalue weighted by Crippen LogP contribution is 2.32. The van der Waals surface area contributed by atoms with E-state index in [1.807, 2.05) is 6.92 Å². The quantitative estimate of drug-likeness (QED) is 0.665. The van der Waals surface area contributed by atoms with Crippen molar-refractivity contribution in [2.45, 2.75) is 6.92 Å². The lowest BCUT2D eigenvalue weighted by molar-refractivity contribution is 0.416. The number of hydrogen-bond donors (Lipinski definition) is 0. The Kier molecular flexibility index (Phi) is 2.65. The van der Waals surface area contributed by atoms with E-state index in [9.17, 15) is 4.91 Å². The summed E-state index contributed by atoms with van der Waals surface area (Å²) >= 11 is 5.77. The molecule has 0 atom stereocenters. The molecule has 1 aromatic carbocycles. The number of benzene rings is 1. The van der Waals surface area contributed by atoms with Crippen LogP contribution in [0.15, 0.2) is 17.3 Å². The monoisotopic (exact) mass is 185 g/mol. The third kappa shape index (κ3) is 1.56. The molecule has 0 heterocycles. The Labute approximate surface area is 75.3 Å². The van der Waals surface area contributed by atoms with Crippen LogP contribution in [0.2, 0.25) is 5.02 Å². The van der Waals surface area contributed by atoms with Gasteiger partial charge < -0.3 is 4.74 Å². The molecule has 0 unspecified atom stereocenters. The van der Waals surface area contributed by atoms with Crippen LogP contribution in [0.4, 0.5) is 5.69 Å². The summed E-state index contributed by atoms with van der Waals surface area (Å²) in [7, 11) is 1.48. The van der Waals surface area contributed by atoms with Crippen LogP contribution in [0.1, 0.15) is 5.56 Å². The second-order valence-corrected chi connectivity index (χ2v) is 2.77. The second kappa shape index (κ2) is 3.54. The maximum Gasteiger partial charge on any atom is 0.151 e. The van der Waals surface area contributed by atoms with Gasteiger partial charge in [0.05, 0.1) is 7.11 Å². The van der Waals surface area contributed by atoms with E-state index < -0.39 is 0 Å². The SMILES string of the molecule is COc1cc(C)c(Cl)cc1N=O. The molecule has 1 aromatic rings. The van der Waals surface area contributed by atoms with Crippen molar-refractivity contribution in [3.63, 3.8) is 0 Å². The maximum atomic E-state index is 10.3. The van der Waals surface area contributed by atoms with Crippen molar-refractivity contribution in [2.75, 3.05) is 7.11 Å². The van der Waals surface area contributed by atoms with Crippen LogP contribution >= 0.6 is 11.6 Å². The van der Waals surface area contributed by atoms with Gasteiger partial charge in [0.25, 0.3) is 0 Å². The molecule has 0 radical (unpaired) electrons. The van der Waals surface area contributed by atoms with Crippen LogP contribution < -0.4 is 4.74 Å². The van der Waals surface area contributed by atoms with E-state index >= 15 is 0 Å². The molecular weight excluding hydrogens is 178 g/mol. The van der Waals surface area contributed by atoms with Crippen LogP contribution in [0.25, 0.3) is 0 Å². The molecule has 1 rings (SSSR count). The predicted molar refractivity (Wildman–Crippen MR) is 48.2 cm³/mol. The fourth-order valence-electron chi connectivity index (χ4n) is 0.879. The normalized spacial score (nSPS) is 9.58. The molecule has 4 heteroatoms. The summed E-state index contributed by atoms with van der Waals surface area (Å²) in [4.78, 5) is 10.3. The molecular formula is C8H8ClNO2. The van der Waals surface area contributed by atoms with E-state index in [1.54, 1.807) is 6.07 Å². The average molecular weight is 186 g/mol. The van der Waals surface area contributed by atoms with Crippen molar-refractivity contribution in [1.82, 2.24) is 0 Å². The Morgan fingerprint density at radius 3 is 2.67 bits per heavy atom. The fraction of sp³-hybridized carbons (Fsp3) is 0.250. The average Bonchev–Trinajstić information content (AvgIpc) is 2.09. The third-order valence-corrected chi connectivity index (χ3v) is 1.97. The minimum Gasteiger partial charge on any atom is -0.494 e. The molecule has 3 nitrogen and oxygen atoms in total. The van der Waals surface area contributed by atoms with Gasteiger partial charge in [0.2, 0.25) is 0 Å². The Hall–Kier alpha value is -1.09. The molecule has 0 bridgehead atoms. The molecule has 0 fully saturated rings. The Morgan fingerprint density at radius 1 is 1.50 bits per heavy atom. The van der Waals surface area contributed by atoms with Gasteiger partial charge in [0, 0.05) is 5.02 Å². The second-order valence-electron chi connectivity index (χ2n) is 2.36. The highest BCUT2D eigenvalue weighted by Gasteiger charge is 2.06. The molecule has 0 aliphatic heterocycles. The van der Waals surface area contributed by atoms with E-state index in [1.165, 1.54) is 13.2 Å². The highest BCUT2D eigenvalue weighted by atomic mass is 35.5. The van der Waals surface area contributed by atoms with E-state index in [4.69, 9.17) is 16.3 Å². The van der Waals surface area contributed by atoms with Gasteiger partial charge in [0.15, 0.2) is 5.69 Å². The van der Waals surface area contributed by atoms with Crippen LogP contribution in [-0.2, 0) is 0 Å². The first-order valence-electron chi connectivity index (χ1n) is 3.36. The van der Waals surface area contributed by atoms with Crippen molar-refractivity contribution >= 4 is 17.3 Å². The number of halogens is 1. The lowest BCUT2D eigenvalue weighted by atomic mass is 10.2. The van der Waals surface area contributed by atoms with Gasteiger partial charge in [-0.3, -0.25) is 0 Å². The van der Waals surface area contributed by atoms with Gasteiger partial charge in [-0.25, -0.2) is 0 Å². The van der Waals surface area contributed by atoms with Gasteiger partial charge in [0.1, 0.15) is 5.75 Å². The zero-order valence-electron chi connectivity index (χ0n) is 6.80. The number of nitrogens with zero attached hydrogens (tertiary/aromatic N) is 1. The summed E-state index contributed by atoms with van der Waals surface area (Å²) in [6, 6.07) is 3.17. The lowest BCUT2D eigenvalue weighted by Crippen LogP contribution is -1.85. The minimum absolute atomic E-state index is 0.230. The van der Waals surface area contributed by atoms with Crippen molar-refractivity contribution in [3.05, 3.63) is 27.6 Å². The number of aryl methyl sites for hydroxylation is 1. The molecule has 0 spiro atoms. The van der Waals surface area contributed by atoms with E-state index in [-0.39, 0.29) is 5.69 Å². The molecule has 0 saturated carbocycles. The van der Waals surface area contributed by atoms with Crippen LogP contribution in [0.3, 0.4) is 0 Å². The summed E-state index contributed by atoms with van der Waals surface area (Å²) in [6.07, 6.45) is 0. The molecule has 0 aliphatic rings. The summed E-state index contributed by atoms with van der Waals surface area (Å²) in [5, 5.41) is 3.30. The van der Waals surface area contributed by atoms with Crippen molar-refractivity contribution in [1.29, 1.82) is 0 Å². The smallest absolute Gasteiger partial charge is 0.151 e. The summed E-state index contributed by atoms with van der Waals surface area (Å²) < 4.78 is 4.92. The van der Waals surface area contributed by atoms with Gasteiger partial charge in [-0.05, 0) is 29.8 Å². The van der Waals surface area contributed by atoms with Gasteiger partial charge >= 0.3 is 0 Å². The molecule has 0 N–H and O–H groups in total. The largest absolute Gasteiger partial charge is 0.494 e. The molecule has 64 valence electrons. The van der Waals surface area contributed by atoms with Crippen LogP contribution in [0, 0.1) is 11.8 Å². The first kappa shape index (κ1) is 9.00. The van der Waals surface area contributed by atoms with Gasteiger partial charge in [-0.2, -0.15) is 0 Å². The Morgan fingerprint density at radius 2 is 2.17 bits per heavy atom. The Bertz CT molecular complexity index is 312. The number of hydrogen-bond acceptors (Lipinski definition) is 3. The van der Waals surface area contributed by atoms with Gasteiger partial charge in [-0.1, -0.05) is 11.6 Å².